The zero-order valence-corrected chi connectivity index (χ0v) is 12.0. The van der Waals surface area contributed by atoms with Gasteiger partial charge in [0.1, 0.15) is 17.8 Å². The highest BCUT2D eigenvalue weighted by Gasteiger charge is 2.20. The second kappa shape index (κ2) is 5.25. The maximum atomic E-state index is 6.18. The van der Waals surface area contributed by atoms with Gasteiger partial charge in [0.05, 0.1) is 0 Å². The maximum Gasteiger partial charge on any atom is 0.248 e. The van der Waals surface area contributed by atoms with Crippen molar-refractivity contribution in [1.82, 2.24) is 9.97 Å². The fourth-order valence-corrected chi connectivity index (χ4v) is 2.68. The van der Waals surface area contributed by atoms with Crippen LogP contribution in [0.3, 0.4) is 0 Å². The lowest BCUT2D eigenvalue weighted by Crippen LogP contribution is -2.20. The highest BCUT2D eigenvalue weighted by atomic mass is 16.7. The average molecular weight is 300 g/mol. The summed E-state index contributed by atoms with van der Waals surface area (Å²) in [7, 11) is 0. The molecule has 4 rings (SSSR count). The van der Waals surface area contributed by atoms with Crippen molar-refractivity contribution in [3.63, 3.8) is 0 Å². The predicted molar refractivity (Wildman–Crippen MR) is 80.5 cm³/mol. The average Bonchev–Trinajstić information content (AvgIpc) is 3.19. The molecule has 1 saturated heterocycles. The third-order valence-corrected chi connectivity index (χ3v) is 3.79. The highest BCUT2D eigenvalue weighted by Crippen LogP contribution is 2.38. The van der Waals surface area contributed by atoms with Crippen molar-refractivity contribution in [3.05, 3.63) is 24.5 Å². The Bertz CT molecular complexity index is 701. The molecule has 0 atom stereocenters. The van der Waals surface area contributed by atoms with Crippen molar-refractivity contribution >= 4 is 11.5 Å². The normalized spacial score (nSPS) is 16.1. The minimum absolute atomic E-state index is 0.230. The topological polar surface area (TPSA) is 82.7 Å². The molecule has 7 heteroatoms. The molecule has 0 saturated carbocycles. The van der Waals surface area contributed by atoms with Crippen LogP contribution >= 0.6 is 0 Å². The van der Waals surface area contributed by atoms with Gasteiger partial charge in [-0.3, -0.25) is 0 Å². The van der Waals surface area contributed by atoms with Crippen LogP contribution < -0.4 is 24.8 Å². The molecule has 0 unspecified atom stereocenters. The number of nitrogens with zero attached hydrogens (tertiary/aromatic N) is 3. The van der Waals surface area contributed by atoms with E-state index < -0.39 is 0 Å². The second-order valence-corrected chi connectivity index (χ2v) is 5.23. The summed E-state index contributed by atoms with van der Waals surface area (Å²) >= 11 is 0. The van der Waals surface area contributed by atoms with Gasteiger partial charge in [0.25, 0.3) is 0 Å². The number of hydrogen-bond donors (Lipinski definition) is 1. The Labute approximate surface area is 127 Å². The van der Waals surface area contributed by atoms with Gasteiger partial charge in [-0.25, -0.2) is 4.98 Å². The van der Waals surface area contributed by atoms with Crippen LogP contribution in [0.25, 0.3) is 0 Å². The molecule has 1 aromatic carbocycles. The van der Waals surface area contributed by atoms with Crippen LogP contribution in [0.1, 0.15) is 12.8 Å². The van der Waals surface area contributed by atoms with E-state index in [1.165, 1.54) is 6.33 Å². The summed E-state index contributed by atoms with van der Waals surface area (Å²) in [4.78, 5) is 10.6. The van der Waals surface area contributed by atoms with E-state index in [0.717, 1.165) is 31.7 Å². The monoisotopic (exact) mass is 300 g/mol. The minimum Gasteiger partial charge on any atom is -0.454 e. The fourth-order valence-electron chi connectivity index (χ4n) is 2.68. The van der Waals surface area contributed by atoms with Crippen molar-refractivity contribution < 1.29 is 14.2 Å². The molecule has 7 nitrogen and oxygen atoms in total. The first-order valence-electron chi connectivity index (χ1n) is 7.24. The largest absolute Gasteiger partial charge is 0.454 e. The van der Waals surface area contributed by atoms with E-state index in [4.69, 9.17) is 19.9 Å². The van der Waals surface area contributed by atoms with E-state index in [2.05, 4.69) is 14.9 Å². The summed E-state index contributed by atoms with van der Waals surface area (Å²) in [5, 5.41) is 0. The Hall–Kier alpha value is -2.70. The van der Waals surface area contributed by atoms with E-state index in [0.29, 0.717) is 28.8 Å². The Morgan fingerprint density at radius 2 is 1.91 bits per heavy atom. The van der Waals surface area contributed by atoms with E-state index in [9.17, 15) is 0 Å². The molecule has 0 bridgehead atoms. The smallest absolute Gasteiger partial charge is 0.248 e. The third-order valence-electron chi connectivity index (χ3n) is 3.79. The van der Waals surface area contributed by atoms with Crippen molar-refractivity contribution in [2.75, 3.05) is 30.5 Å². The summed E-state index contributed by atoms with van der Waals surface area (Å²) in [5.74, 6) is 3.06. The predicted octanol–water partition coefficient (Wildman–Crippen LogP) is 2.18. The number of aromatic nitrogens is 2. The molecule has 2 aliphatic heterocycles. The molecule has 2 aromatic rings. The van der Waals surface area contributed by atoms with Gasteiger partial charge < -0.3 is 24.8 Å². The van der Waals surface area contributed by atoms with Crippen LogP contribution in [0.5, 0.6) is 23.1 Å². The van der Waals surface area contributed by atoms with Crippen molar-refractivity contribution in [3.8, 4) is 23.1 Å². The van der Waals surface area contributed by atoms with Gasteiger partial charge in [0.2, 0.25) is 12.7 Å². The molecule has 0 radical (unpaired) electrons. The quantitative estimate of drug-likeness (QED) is 0.930. The Balaban J connectivity index is 1.61. The zero-order chi connectivity index (χ0) is 14.9. The molecule has 22 heavy (non-hydrogen) atoms. The summed E-state index contributed by atoms with van der Waals surface area (Å²) < 4.78 is 16.4. The van der Waals surface area contributed by atoms with Gasteiger partial charge in [-0.1, -0.05) is 0 Å². The summed E-state index contributed by atoms with van der Waals surface area (Å²) in [6.07, 6.45) is 3.79. The van der Waals surface area contributed by atoms with Gasteiger partial charge in [-0.15, -0.1) is 0 Å². The van der Waals surface area contributed by atoms with E-state index in [1.54, 1.807) is 18.2 Å². The van der Waals surface area contributed by atoms with E-state index in [1.807, 2.05) is 0 Å². The lowest BCUT2D eigenvalue weighted by atomic mass is 10.3. The molecule has 0 spiro atoms. The number of nitrogen functional groups attached to an aromatic ring is 1. The molecule has 0 aliphatic carbocycles. The van der Waals surface area contributed by atoms with Gasteiger partial charge in [-0.05, 0) is 25.0 Å². The molecule has 3 heterocycles. The highest BCUT2D eigenvalue weighted by molar-refractivity contribution is 5.68. The van der Waals surface area contributed by atoms with Crippen molar-refractivity contribution in [2.24, 2.45) is 0 Å². The minimum atomic E-state index is 0.230. The van der Waals surface area contributed by atoms with Crippen molar-refractivity contribution in [2.45, 2.75) is 12.8 Å². The summed E-state index contributed by atoms with van der Waals surface area (Å²) in [6, 6.07) is 5.36. The zero-order valence-electron chi connectivity index (χ0n) is 12.0. The molecule has 2 aliphatic rings. The molecule has 0 amide bonds. The molecular weight excluding hydrogens is 284 g/mol. The lowest BCUT2D eigenvalue weighted by molar-refractivity contribution is 0.174. The molecule has 1 fully saturated rings. The number of rotatable bonds is 3. The number of nitrogens with two attached hydrogens (primary N) is 1. The van der Waals surface area contributed by atoms with Crippen LogP contribution in [-0.2, 0) is 0 Å². The summed E-state index contributed by atoms with van der Waals surface area (Å²) in [5.41, 5.74) is 6.64. The molecule has 114 valence electrons. The Morgan fingerprint density at radius 1 is 1.09 bits per heavy atom. The Kier molecular flexibility index (Phi) is 3.10. The van der Waals surface area contributed by atoms with Crippen LogP contribution in [0.4, 0.5) is 11.5 Å². The standard InChI is InChI=1S/C15H16N4O3/c16-13-14(19-5-1-2-6-19)17-8-18-15(13)22-10-3-4-11-12(7-10)21-9-20-11/h3-4,7-8H,1-2,5-6,9,16H2. The van der Waals surface area contributed by atoms with E-state index >= 15 is 0 Å². The SMILES string of the molecule is Nc1c(Oc2ccc3c(c2)OCO3)ncnc1N1CCCC1. The van der Waals surface area contributed by atoms with Gasteiger partial charge in [0, 0.05) is 19.2 Å². The van der Waals surface area contributed by atoms with Gasteiger partial charge >= 0.3 is 0 Å². The number of hydrogen-bond acceptors (Lipinski definition) is 7. The molecular formula is C15H16N4O3. The van der Waals surface area contributed by atoms with Crippen LogP contribution in [0.15, 0.2) is 24.5 Å². The van der Waals surface area contributed by atoms with Gasteiger partial charge in [0.15, 0.2) is 17.3 Å². The van der Waals surface area contributed by atoms with Crippen LogP contribution in [0.2, 0.25) is 0 Å². The molecule has 2 N–H and O–H groups in total. The number of fused-ring (bicyclic) bond motifs is 1. The maximum absolute atomic E-state index is 6.18. The van der Waals surface area contributed by atoms with Gasteiger partial charge in [-0.2, -0.15) is 4.98 Å². The first kappa shape index (κ1) is 13.0. The first-order valence-corrected chi connectivity index (χ1v) is 7.24. The van der Waals surface area contributed by atoms with Crippen LogP contribution in [-0.4, -0.2) is 29.9 Å². The third kappa shape index (κ3) is 2.24. The lowest BCUT2D eigenvalue weighted by Gasteiger charge is -2.19. The van der Waals surface area contributed by atoms with Crippen LogP contribution in [0, 0.1) is 0 Å². The fraction of sp³-hybridized carbons (Fsp3) is 0.333. The number of ether oxygens (including phenoxy) is 3. The second-order valence-electron chi connectivity index (χ2n) is 5.23. The first-order chi connectivity index (χ1) is 10.8. The van der Waals surface area contributed by atoms with E-state index in [-0.39, 0.29) is 6.79 Å². The Morgan fingerprint density at radius 3 is 2.77 bits per heavy atom. The summed E-state index contributed by atoms with van der Waals surface area (Å²) in [6.45, 7) is 2.16. The number of benzene rings is 1. The molecule has 1 aromatic heterocycles. The number of anilines is 2. The van der Waals surface area contributed by atoms with Crippen molar-refractivity contribution in [1.29, 1.82) is 0 Å².